The van der Waals surface area contributed by atoms with Crippen molar-refractivity contribution >= 4 is 36.4 Å². The van der Waals surface area contributed by atoms with E-state index in [0.717, 1.165) is 45.0 Å². The molecule has 26 heavy (non-hydrogen) atoms. The molecule has 0 aliphatic carbocycles. The zero-order valence-electron chi connectivity index (χ0n) is 15.4. The number of hydrogen-bond acceptors (Lipinski definition) is 4. The minimum absolute atomic E-state index is 0. The molecule has 0 radical (unpaired) electrons. The van der Waals surface area contributed by atoms with E-state index in [1.165, 1.54) is 12.8 Å². The van der Waals surface area contributed by atoms with Crippen LogP contribution in [0.25, 0.3) is 0 Å². The topological polar surface area (TPSA) is 55.8 Å². The largest absolute Gasteiger partial charge is 0.508 e. The van der Waals surface area contributed by atoms with Gasteiger partial charge in [0.1, 0.15) is 5.75 Å². The van der Waals surface area contributed by atoms with Crippen LogP contribution >= 0.6 is 24.8 Å². The van der Waals surface area contributed by atoms with E-state index in [4.69, 9.17) is 0 Å². The number of anilines is 1. The summed E-state index contributed by atoms with van der Waals surface area (Å²) in [5.41, 5.74) is 1.11. The molecule has 3 rings (SSSR count). The fourth-order valence-corrected chi connectivity index (χ4v) is 3.81. The number of carbonyl (C=O) groups excluding carboxylic acids is 1. The van der Waals surface area contributed by atoms with Crippen LogP contribution in [0.4, 0.5) is 5.69 Å². The highest BCUT2D eigenvalue weighted by molar-refractivity contribution is 5.85. The van der Waals surface area contributed by atoms with Crippen molar-refractivity contribution in [3.8, 4) is 5.75 Å². The number of nitrogens with one attached hydrogen (secondary N) is 1. The molecule has 7 heteroatoms. The lowest BCUT2D eigenvalue weighted by atomic mass is 9.85. The van der Waals surface area contributed by atoms with E-state index in [2.05, 4.69) is 17.1 Å². The van der Waals surface area contributed by atoms with E-state index in [1.807, 2.05) is 17.0 Å². The van der Waals surface area contributed by atoms with Crippen LogP contribution in [-0.4, -0.2) is 55.2 Å². The monoisotopic (exact) mass is 403 g/mol. The van der Waals surface area contributed by atoms with Gasteiger partial charge in [0.05, 0.1) is 0 Å². The third kappa shape index (κ3) is 5.93. The number of amides is 1. The highest BCUT2D eigenvalue weighted by Gasteiger charge is 2.26. The smallest absolute Gasteiger partial charge is 0.222 e. The fourth-order valence-electron chi connectivity index (χ4n) is 3.81. The number of nitrogens with zero attached hydrogens (tertiary/aromatic N) is 2. The highest BCUT2D eigenvalue weighted by Crippen LogP contribution is 2.24. The van der Waals surface area contributed by atoms with Crippen molar-refractivity contribution < 1.29 is 9.90 Å². The van der Waals surface area contributed by atoms with E-state index < -0.39 is 0 Å². The lowest BCUT2D eigenvalue weighted by Crippen LogP contribution is -2.49. The van der Waals surface area contributed by atoms with Gasteiger partial charge in [0.15, 0.2) is 0 Å². The number of piperazine rings is 1. The summed E-state index contributed by atoms with van der Waals surface area (Å²) in [4.78, 5) is 16.9. The van der Waals surface area contributed by atoms with Crippen molar-refractivity contribution in [2.24, 2.45) is 11.8 Å². The minimum Gasteiger partial charge on any atom is -0.508 e. The first kappa shape index (κ1) is 22.9. The number of carbonyl (C=O) groups is 1. The first-order chi connectivity index (χ1) is 11.6. The molecular formula is C19H31Cl2N3O2. The minimum atomic E-state index is 0. The number of aromatic hydroxyl groups is 1. The van der Waals surface area contributed by atoms with Crippen molar-refractivity contribution in [3.05, 3.63) is 24.3 Å². The van der Waals surface area contributed by atoms with Gasteiger partial charge in [-0.25, -0.2) is 0 Å². The summed E-state index contributed by atoms with van der Waals surface area (Å²) in [6.07, 6.45) is 3.15. The van der Waals surface area contributed by atoms with Crippen LogP contribution in [0.5, 0.6) is 5.75 Å². The fraction of sp³-hybridized carbons (Fsp3) is 0.632. The van der Waals surface area contributed by atoms with E-state index in [1.54, 1.807) is 12.1 Å². The number of hydrogen-bond donors (Lipinski definition) is 2. The standard InChI is InChI=1S/C19H29N3O2.2ClH/c1-15(16-3-2-8-20-14-16)13-19(24)22-11-9-21(10-12-22)17-4-6-18(23)7-5-17;;/h4-7,15-16,20,23H,2-3,8-14H2,1H3;2*1H. The Kier molecular flexibility index (Phi) is 9.55. The van der Waals surface area contributed by atoms with Gasteiger partial charge in [-0.15, -0.1) is 24.8 Å². The summed E-state index contributed by atoms with van der Waals surface area (Å²) >= 11 is 0. The highest BCUT2D eigenvalue weighted by atomic mass is 35.5. The molecule has 2 aliphatic heterocycles. The Morgan fingerprint density at radius 1 is 1.19 bits per heavy atom. The zero-order chi connectivity index (χ0) is 16.9. The molecule has 148 valence electrons. The van der Waals surface area contributed by atoms with E-state index in [9.17, 15) is 9.90 Å². The molecule has 0 spiro atoms. The lowest BCUT2D eigenvalue weighted by Gasteiger charge is -2.37. The lowest BCUT2D eigenvalue weighted by molar-refractivity contribution is -0.132. The molecule has 1 aromatic rings. The van der Waals surface area contributed by atoms with Crippen LogP contribution in [-0.2, 0) is 4.79 Å². The molecule has 2 N–H and O–H groups in total. The van der Waals surface area contributed by atoms with Gasteiger partial charge in [0, 0.05) is 38.3 Å². The molecule has 2 fully saturated rings. The van der Waals surface area contributed by atoms with E-state index in [-0.39, 0.29) is 24.8 Å². The molecule has 5 nitrogen and oxygen atoms in total. The second kappa shape index (κ2) is 10.9. The quantitative estimate of drug-likeness (QED) is 0.811. The number of phenolic OH excluding ortho intramolecular Hbond substituents is 1. The second-order valence-electron chi connectivity index (χ2n) is 7.17. The molecule has 0 bridgehead atoms. The van der Waals surface area contributed by atoms with E-state index >= 15 is 0 Å². The van der Waals surface area contributed by atoms with Crippen LogP contribution in [0.1, 0.15) is 26.2 Å². The van der Waals surface area contributed by atoms with Gasteiger partial charge in [0.2, 0.25) is 5.91 Å². The second-order valence-corrected chi connectivity index (χ2v) is 7.17. The summed E-state index contributed by atoms with van der Waals surface area (Å²) in [7, 11) is 0. The molecule has 0 saturated carbocycles. The maximum Gasteiger partial charge on any atom is 0.222 e. The predicted octanol–water partition coefficient (Wildman–Crippen LogP) is 2.91. The van der Waals surface area contributed by atoms with Gasteiger partial charge >= 0.3 is 0 Å². The molecule has 1 aromatic carbocycles. The van der Waals surface area contributed by atoms with Crippen molar-refractivity contribution in [2.45, 2.75) is 26.2 Å². The Balaban J connectivity index is 0.00000169. The molecule has 2 unspecified atom stereocenters. The van der Waals surface area contributed by atoms with Crippen LogP contribution < -0.4 is 10.2 Å². The molecule has 2 atom stereocenters. The number of piperidine rings is 1. The summed E-state index contributed by atoms with van der Waals surface area (Å²) < 4.78 is 0. The van der Waals surface area contributed by atoms with Crippen molar-refractivity contribution in [1.29, 1.82) is 0 Å². The zero-order valence-corrected chi connectivity index (χ0v) is 17.0. The number of phenols is 1. The maximum absolute atomic E-state index is 12.6. The number of rotatable bonds is 4. The SMILES string of the molecule is CC(CC(=O)N1CCN(c2ccc(O)cc2)CC1)C1CCCNC1.Cl.Cl. The van der Waals surface area contributed by atoms with Crippen LogP contribution in [0, 0.1) is 11.8 Å². The Morgan fingerprint density at radius 2 is 1.85 bits per heavy atom. The number of halogens is 2. The normalized spacial score (nSPS) is 21.3. The van der Waals surface area contributed by atoms with Gasteiger partial charge in [-0.1, -0.05) is 6.92 Å². The Morgan fingerprint density at radius 3 is 2.42 bits per heavy atom. The summed E-state index contributed by atoms with van der Waals surface area (Å²) in [5.74, 6) is 1.69. The Bertz CT molecular complexity index is 542. The first-order valence-corrected chi connectivity index (χ1v) is 9.16. The van der Waals surface area contributed by atoms with Gasteiger partial charge < -0.3 is 20.2 Å². The predicted molar refractivity (Wildman–Crippen MR) is 111 cm³/mol. The third-order valence-corrected chi connectivity index (χ3v) is 5.48. The first-order valence-electron chi connectivity index (χ1n) is 9.16. The number of benzene rings is 1. The van der Waals surface area contributed by atoms with Crippen LogP contribution in [0.2, 0.25) is 0 Å². The molecule has 1 amide bonds. The van der Waals surface area contributed by atoms with Gasteiger partial charge in [0.25, 0.3) is 0 Å². The molecule has 2 heterocycles. The maximum atomic E-state index is 12.6. The summed E-state index contributed by atoms with van der Waals surface area (Å²) in [5, 5.41) is 12.8. The van der Waals surface area contributed by atoms with Gasteiger partial charge in [-0.05, 0) is 62.0 Å². The molecular weight excluding hydrogens is 373 g/mol. The summed E-state index contributed by atoms with van der Waals surface area (Å²) in [6.45, 7) is 7.69. The molecule has 2 aliphatic rings. The van der Waals surface area contributed by atoms with Gasteiger partial charge in [-0.2, -0.15) is 0 Å². The van der Waals surface area contributed by atoms with Crippen LogP contribution in [0.15, 0.2) is 24.3 Å². The molecule has 0 aromatic heterocycles. The van der Waals surface area contributed by atoms with E-state index in [0.29, 0.717) is 29.9 Å². The Hall–Kier alpha value is -1.17. The van der Waals surface area contributed by atoms with Crippen molar-refractivity contribution in [2.75, 3.05) is 44.2 Å². The third-order valence-electron chi connectivity index (χ3n) is 5.48. The Labute approximate surface area is 168 Å². The van der Waals surface area contributed by atoms with Crippen molar-refractivity contribution in [1.82, 2.24) is 10.2 Å². The van der Waals surface area contributed by atoms with Gasteiger partial charge in [-0.3, -0.25) is 4.79 Å². The average Bonchev–Trinajstić information content (AvgIpc) is 2.63. The van der Waals surface area contributed by atoms with Crippen molar-refractivity contribution in [3.63, 3.8) is 0 Å². The average molecular weight is 404 g/mol. The van der Waals surface area contributed by atoms with Crippen LogP contribution in [0.3, 0.4) is 0 Å². The molecule has 2 saturated heterocycles. The summed E-state index contributed by atoms with van der Waals surface area (Å²) in [6, 6.07) is 7.30.